The molecule has 0 bridgehead atoms. The van der Waals surface area contributed by atoms with Crippen LogP contribution >= 0.6 is 0 Å². The Hall–Kier alpha value is -2.81. The standard InChI is InChI=1S/C18H14B3NO6S/c1-26-13-10-6-5-9-12(13)17(19)15(23)14(16(22)27-17)28-29(24,25)18(20,21)11-7-3-2-4-8-11/h2-10H,22H2,1H3/t17-/m1/s1. The number of carbonyl (C=O) groups excluding carboxylic acids is 1. The Balaban J connectivity index is 1.96. The normalized spacial score (nSPS) is 19.7. The van der Waals surface area contributed by atoms with Gasteiger partial charge in [-0.1, -0.05) is 48.5 Å². The summed E-state index contributed by atoms with van der Waals surface area (Å²) in [5, 5.41) is 0. The maximum Gasteiger partial charge on any atom is 0.302 e. The summed E-state index contributed by atoms with van der Waals surface area (Å²) in [5.74, 6) is -2.26. The van der Waals surface area contributed by atoms with Crippen LogP contribution in [-0.2, 0) is 33.9 Å². The first-order valence-corrected chi connectivity index (χ1v) is 9.68. The molecule has 0 spiro atoms. The smallest absolute Gasteiger partial charge is 0.302 e. The number of ketones is 1. The summed E-state index contributed by atoms with van der Waals surface area (Å²) in [6, 6.07) is 13.8. The molecule has 2 aromatic carbocycles. The molecule has 6 radical (unpaired) electrons. The van der Waals surface area contributed by atoms with E-state index in [1.165, 1.54) is 25.3 Å². The predicted octanol–water partition coefficient (Wildman–Crippen LogP) is 0.237. The van der Waals surface area contributed by atoms with Gasteiger partial charge in [-0.05, 0) is 11.6 Å². The molecule has 0 unspecified atom stereocenters. The maximum atomic E-state index is 12.9. The zero-order valence-electron chi connectivity index (χ0n) is 15.4. The number of benzene rings is 2. The Labute approximate surface area is 172 Å². The van der Waals surface area contributed by atoms with Crippen LogP contribution in [0.3, 0.4) is 0 Å². The number of methoxy groups -OCH3 is 1. The van der Waals surface area contributed by atoms with Crippen molar-refractivity contribution < 1.29 is 26.9 Å². The lowest BCUT2D eigenvalue weighted by Crippen LogP contribution is -2.40. The lowest BCUT2D eigenvalue weighted by molar-refractivity contribution is -0.126. The minimum absolute atomic E-state index is 0.0364. The Morgan fingerprint density at radius 3 is 2.28 bits per heavy atom. The Morgan fingerprint density at radius 1 is 1.07 bits per heavy atom. The molecule has 2 N–H and O–H groups in total. The molecule has 2 aromatic rings. The number of para-hydroxylation sites is 1. The van der Waals surface area contributed by atoms with Gasteiger partial charge in [0.1, 0.15) is 5.75 Å². The zero-order valence-corrected chi connectivity index (χ0v) is 16.2. The molecule has 1 atom stereocenters. The summed E-state index contributed by atoms with van der Waals surface area (Å²) in [6.07, 6.45) is 0. The van der Waals surface area contributed by atoms with Crippen LogP contribution in [0.15, 0.2) is 66.2 Å². The summed E-state index contributed by atoms with van der Waals surface area (Å²) >= 11 is 0. The monoisotopic (exact) mass is 405 g/mol. The van der Waals surface area contributed by atoms with Gasteiger partial charge in [-0.2, -0.15) is 8.42 Å². The molecule has 0 fully saturated rings. The second-order valence-electron chi connectivity index (χ2n) is 6.26. The first kappa shape index (κ1) is 20.9. The lowest BCUT2D eigenvalue weighted by Gasteiger charge is -2.27. The van der Waals surface area contributed by atoms with Crippen molar-refractivity contribution in [3.63, 3.8) is 0 Å². The SMILES string of the molecule is [B]C([B])(c1ccccc1)S(=O)(=O)OC1=C(N)O[C@]([B])(c2ccccc2OC)C1=O. The summed E-state index contributed by atoms with van der Waals surface area (Å²) in [7, 11) is 14.3. The summed E-state index contributed by atoms with van der Waals surface area (Å²) in [6.45, 7) is 0. The van der Waals surface area contributed by atoms with Crippen LogP contribution in [0.1, 0.15) is 11.1 Å². The van der Waals surface area contributed by atoms with E-state index in [4.69, 9.17) is 42.9 Å². The molecule has 3 rings (SSSR count). The van der Waals surface area contributed by atoms with Gasteiger partial charge in [0.05, 0.1) is 27.3 Å². The maximum absolute atomic E-state index is 12.9. The van der Waals surface area contributed by atoms with Gasteiger partial charge < -0.3 is 19.4 Å². The van der Waals surface area contributed by atoms with Crippen molar-refractivity contribution in [2.24, 2.45) is 5.73 Å². The Morgan fingerprint density at radius 2 is 1.66 bits per heavy atom. The summed E-state index contributed by atoms with van der Waals surface area (Å²) in [4.78, 5) is 12.9. The number of rotatable bonds is 6. The molecular weight excluding hydrogens is 391 g/mol. The highest BCUT2D eigenvalue weighted by atomic mass is 32.2. The van der Waals surface area contributed by atoms with Crippen LogP contribution in [0, 0.1) is 0 Å². The fraction of sp³-hybridized carbons (Fsp3) is 0.167. The number of Topliss-reactive ketones (excluding diaryl/α,β-unsaturated/α-hetero) is 1. The number of hydrogen-bond donors (Lipinski definition) is 1. The molecule has 0 amide bonds. The molecule has 7 nitrogen and oxygen atoms in total. The van der Waals surface area contributed by atoms with Crippen molar-refractivity contribution in [2.45, 2.75) is 10.0 Å². The topological polar surface area (TPSA) is 105 Å². The highest BCUT2D eigenvalue weighted by molar-refractivity contribution is 7.90. The minimum Gasteiger partial charge on any atom is -0.496 e. The van der Waals surface area contributed by atoms with E-state index in [-0.39, 0.29) is 16.9 Å². The molecule has 0 saturated carbocycles. The van der Waals surface area contributed by atoms with E-state index in [1.807, 2.05) is 0 Å². The quantitative estimate of drug-likeness (QED) is 0.543. The van der Waals surface area contributed by atoms with Crippen molar-refractivity contribution in [1.82, 2.24) is 0 Å². The average Bonchev–Trinajstić information content (AvgIpc) is 2.92. The number of hydrogen-bond acceptors (Lipinski definition) is 7. The largest absolute Gasteiger partial charge is 0.496 e. The van der Waals surface area contributed by atoms with E-state index in [0.717, 1.165) is 0 Å². The summed E-state index contributed by atoms with van der Waals surface area (Å²) in [5.41, 5.74) is 3.72. The van der Waals surface area contributed by atoms with Crippen LogP contribution in [0.2, 0.25) is 0 Å². The molecule has 0 saturated heterocycles. The third kappa shape index (κ3) is 3.39. The van der Waals surface area contributed by atoms with Crippen LogP contribution in [0.25, 0.3) is 0 Å². The fourth-order valence-electron chi connectivity index (χ4n) is 2.78. The van der Waals surface area contributed by atoms with E-state index in [9.17, 15) is 13.2 Å². The van der Waals surface area contributed by atoms with Crippen molar-refractivity contribution in [3.05, 3.63) is 77.4 Å². The third-order valence-corrected chi connectivity index (χ3v) is 5.83. The average molecular weight is 405 g/mol. The van der Waals surface area contributed by atoms with Crippen molar-refractivity contribution in [1.29, 1.82) is 0 Å². The van der Waals surface area contributed by atoms with Gasteiger partial charge in [0.15, 0.2) is 13.3 Å². The molecule has 0 aliphatic carbocycles. The molecular formula is C18H14B3NO6S. The molecule has 1 aliphatic rings. The van der Waals surface area contributed by atoms with Gasteiger partial charge in [-0.3, -0.25) is 4.79 Å². The predicted molar refractivity (Wildman–Crippen MR) is 107 cm³/mol. The van der Waals surface area contributed by atoms with Gasteiger partial charge in [0.25, 0.3) is 0 Å². The van der Waals surface area contributed by atoms with Gasteiger partial charge in [0.2, 0.25) is 17.4 Å². The van der Waals surface area contributed by atoms with Gasteiger partial charge >= 0.3 is 10.1 Å². The van der Waals surface area contributed by atoms with E-state index in [2.05, 4.69) is 0 Å². The van der Waals surface area contributed by atoms with E-state index in [1.54, 1.807) is 36.4 Å². The Bertz CT molecular complexity index is 1090. The fourth-order valence-corrected chi connectivity index (χ4v) is 3.72. The minimum atomic E-state index is -4.78. The highest BCUT2D eigenvalue weighted by Gasteiger charge is 2.51. The van der Waals surface area contributed by atoms with Crippen molar-refractivity contribution >= 4 is 39.4 Å². The third-order valence-electron chi connectivity index (χ3n) is 4.38. The van der Waals surface area contributed by atoms with E-state index >= 15 is 0 Å². The Kier molecular flexibility index (Phi) is 5.21. The van der Waals surface area contributed by atoms with E-state index < -0.39 is 37.6 Å². The first-order valence-electron chi connectivity index (χ1n) is 8.28. The van der Waals surface area contributed by atoms with Crippen molar-refractivity contribution in [3.8, 4) is 5.75 Å². The molecule has 0 aromatic heterocycles. The molecule has 11 heteroatoms. The number of carbonyl (C=O) groups is 1. The molecule has 142 valence electrons. The number of ether oxygens (including phenoxy) is 2. The molecule has 1 aliphatic heterocycles. The lowest BCUT2D eigenvalue weighted by atomic mass is 9.65. The molecule has 29 heavy (non-hydrogen) atoms. The zero-order chi connectivity index (χ0) is 21.4. The van der Waals surface area contributed by atoms with Crippen LogP contribution in [0.5, 0.6) is 5.75 Å². The second-order valence-corrected chi connectivity index (χ2v) is 8.01. The van der Waals surface area contributed by atoms with Gasteiger partial charge in [-0.15, -0.1) is 0 Å². The van der Waals surface area contributed by atoms with Crippen LogP contribution in [-0.4, -0.2) is 44.8 Å². The number of nitrogens with two attached hydrogens (primary N) is 1. The van der Waals surface area contributed by atoms with Crippen LogP contribution < -0.4 is 10.5 Å². The van der Waals surface area contributed by atoms with E-state index in [0.29, 0.717) is 0 Å². The molecule has 1 heterocycles. The summed E-state index contributed by atoms with van der Waals surface area (Å²) < 4.78 is 38.4. The second kappa shape index (κ2) is 7.22. The first-order chi connectivity index (χ1) is 13.5. The highest BCUT2D eigenvalue weighted by Crippen LogP contribution is 2.40. The van der Waals surface area contributed by atoms with Gasteiger partial charge in [0, 0.05) is 5.56 Å². The van der Waals surface area contributed by atoms with Gasteiger partial charge in [-0.25, -0.2) is 0 Å². The van der Waals surface area contributed by atoms with Crippen molar-refractivity contribution in [2.75, 3.05) is 7.11 Å². The van der Waals surface area contributed by atoms with Crippen LogP contribution in [0.4, 0.5) is 0 Å².